The molecule has 0 spiro atoms. The lowest BCUT2D eigenvalue weighted by molar-refractivity contribution is -0.291. The third-order valence-electron chi connectivity index (χ3n) is 7.17. The molecule has 1 saturated heterocycles. The molecule has 0 bridgehead atoms. The van der Waals surface area contributed by atoms with Gasteiger partial charge in [-0.05, 0) is 23.8 Å². The van der Waals surface area contributed by atoms with Crippen LogP contribution in [0.25, 0.3) is 11.8 Å². The van der Waals surface area contributed by atoms with Crippen molar-refractivity contribution in [2.75, 3.05) is 13.7 Å². The Morgan fingerprint density at radius 3 is 2.42 bits per heavy atom. The second-order valence-corrected chi connectivity index (χ2v) is 10.2. The summed E-state index contributed by atoms with van der Waals surface area (Å²) in [5, 5.41) is 82.1. The van der Waals surface area contributed by atoms with Crippen molar-refractivity contribution in [2.24, 2.45) is 0 Å². The molecule has 1 fully saturated rings. The van der Waals surface area contributed by atoms with Gasteiger partial charge < -0.3 is 64.5 Å². The van der Waals surface area contributed by atoms with Crippen LogP contribution in [0.3, 0.4) is 0 Å². The summed E-state index contributed by atoms with van der Waals surface area (Å²) in [6, 6.07) is 8.51. The summed E-state index contributed by atoms with van der Waals surface area (Å²) in [4.78, 5) is 12.3. The molecule has 9 N–H and O–H groups in total. The monoisotopic (exact) mass is 627 g/mol. The number of carbonyl (C=O) groups excluding carboxylic acids is 1. The van der Waals surface area contributed by atoms with E-state index >= 15 is 0 Å². The zero-order chi connectivity index (χ0) is 32.4. The molecule has 238 valence electrons. The van der Waals surface area contributed by atoms with Gasteiger partial charge >= 0.3 is 11.7 Å². The summed E-state index contributed by atoms with van der Waals surface area (Å²) in [6.07, 6.45) is -2.90. The van der Waals surface area contributed by atoms with E-state index in [0.717, 1.165) is 18.2 Å². The molecule has 14 heteroatoms. The molecule has 2 unspecified atom stereocenters. The fraction of sp³-hybridized carbons (Fsp3) is 0.258. The zero-order valence-electron chi connectivity index (χ0n) is 23.6. The minimum absolute atomic E-state index is 0.00913. The number of fused-ring (bicyclic) bond motifs is 1. The van der Waals surface area contributed by atoms with Crippen LogP contribution in [0.15, 0.2) is 83.6 Å². The number of benzene rings is 2. The van der Waals surface area contributed by atoms with Gasteiger partial charge in [-0.2, -0.15) is 0 Å². The van der Waals surface area contributed by atoms with Crippen molar-refractivity contribution in [1.29, 1.82) is 0 Å². The van der Waals surface area contributed by atoms with Gasteiger partial charge in [-0.15, -0.1) is 0 Å². The maximum atomic E-state index is 12.3. The summed E-state index contributed by atoms with van der Waals surface area (Å²) in [7, 11) is 1.26. The van der Waals surface area contributed by atoms with Crippen molar-refractivity contribution < 1.29 is 69.3 Å². The number of allylic oxidation sites excluding steroid dienone is 2. The maximum Gasteiger partial charge on any atom is 0.330 e. The molecule has 0 radical (unpaired) electrons. The predicted octanol–water partition coefficient (Wildman–Crippen LogP) is 1.30. The molecule has 5 rings (SSSR count). The lowest BCUT2D eigenvalue weighted by Gasteiger charge is -2.40. The van der Waals surface area contributed by atoms with E-state index in [-0.39, 0.29) is 45.7 Å². The Hall–Kier alpha value is -5.15. The highest BCUT2D eigenvalue weighted by Crippen LogP contribution is 2.42. The maximum absolute atomic E-state index is 12.3. The first-order valence-corrected chi connectivity index (χ1v) is 13.5. The average Bonchev–Trinajstić information content (AvgIpc) is 3.01. The average molecular weight is 628 g/mol. The van der Waals surface area contributed by atoms with Gasteiger partial charge in [-0.3, -0.25) is 0 Å². The van der Waals surface area contributed by atoms with Crippen LogP contribution in [-0.4, -0.2) is 102 Å². The van der Waals surface area contributed by atoms with E-state index in [1.807, 2.05) is 0 Å². The second-order valence-electron chi connectivity index (χ2n) is 10.2. The summed E-state index contributed by atoms with van der Waals surface area (Å²) in [5.74, 6) is -2.67. The van der Waals surface area contributed by atoms with Crippen molar-refractivity contribution in [1.82, 2.24) is 0 Å². The zero-order valence-corrected chi connectivity index (χ0v) is 23.6. The van der Waals surface area contributed by atoms with Gasteiger partial charge in [0.1, 0.15) is 48.3 Å². The molecular formula is C31H31O14+. The number of carbonyl (C=O) groups is 1. The smallest absolute Gasteiger partial charge is 0.330 e. The minimum Gasteiger partial charge on any atom is -0.571 e. The fourth-order valence-corrected chi connectivity index (χ4v) is 4.78. The Bertz CT molecular complexity index is 1600. The topological polar surface area (TPSA) is 229 Å². The van der Waals surface area contributed by atoms with Crippen LogP contribution in [0, 0.1) is 0 Å². The standard InChI is InChI=1S/C31H30O14/c1-41-22-9-15(8-20(35)26(22)37)30-23(12-18-19(34)10-17(33)11-21(18)43-30)44-31-29(40)28(39)27(38)24(45-31)13-42-25(36)7-4-14-2-5-16(32)6-3-14/h2-12,21,24,27-29,31-35,37-40H,13H2,1H3/p+1/b7-4+/t21?,24-,27-,28+,29-,31?/m1/s1. The Balaban J connectivity index is 1.40. The van der Waals surface area contributed by atoms with Crippen LogP contribution < -0.4 is 4.74 Å². The molecule has 0 amide bonds. The number of hydrogen-bond acceptors (Lipinski definition) is 13. The van der Waals surface area contributed by atoms with Crippen LogP contribution >= 0.6 is 0 Å². The largest absolute Gasteiger partial charge is 0.571 e. The molecular weight excluding hydrogens is 596 g/mol. The molecule has 2 aromatic rings. The van der Waals surface area contributed by atoms with Crippen molar-refractivity contribution in [3.63, 3.8) is 0 Å². The number of aromatic hydroxyl groups is 3. The summed E-state index contributed by atoms with van der Waals surface area (Å²) >= 11 is 0. The van der Waals surface area contributed by atoms with E-state index in [4.69, 9.17) is 18.9 Å². The first kappa shape index (κ1) is 31.3. The number of phenolic OH excluding ortho intramolecular Hbond substituents is 3. The lowest BCUT2D eigenvalue weighted by Crippen LogP contribution is -2.59. The van der Waals surface area contributed by atoms with E-state index in [9.17, 15) is 45.6 Å². The number of phenols is 3. The molecule has 2 heterocycles. The Morgan fingerprint density at radius 2 is 1.71 bits per heavy atom. The summed E-state index contributed by atoms with van der Waals surface area (Å²) in [6.45, 7) is -0.542. The highest BCUT2D eigenvalue weighted by atomic mass is 16.7. The van der Waals surface area contributed by atoms with E-state index < -0.39 is 60.9 Å². The van der Waals surface area contributed by atoms with Crippen LogP contribution in [-0.2, 0) is 19.0 Å². The SMILES string of the molecule is COc1cc(C2=C(OC3O[C@H](COC(=O)/C=C/c4ccc(O)cc4)[C@@H](O)[C@H](O)[C@H]3O)C=C3C(O)=CC(O)=CC3[OH+]2)cc(O)c1O. The molecule has 2 aromatic carbocycles. The Labute approximate surface area is 255 Å². The van der Waals surface area contributed by atoms with E-state index in [0.29, 0.717) is 5.56 Å². The molecule has 3 aliphatic rings. The number of rotatable bonds is 8. The number of methoxy groups -OCH3 is 1. The fourth-order valence-electron chi connectivity index (χ4n) is 4.78. The predicted molar refractivity (Wildman–Crippen MR) is 155 cm³/mol. The van der Waals surface area contributed by atoms with Crippen LogP contribution in [0.2, 0.25) is 0 Å². The number of aliphatic hydroxyl groups excluding tert-OH is 5. The molecule has 2 aliphatic heterocycles. The molecule has 14 nitrogen and oxygen atoms in total. The van der Waals surface area contributed by atoms with Gasteiger partial charge in [-0.1, -0.05) is 12.1 Å². The van der Waals surface area contributed by atoms with Gasteiger partial charge in [-0.25, -0.2) is 4.79 Å². The Kier molecular flexibility index (Phi) is 8.92. The van der Waals surface area contributed by atoms with E-state index in [2.05, 4.69) is 4.74 Å². The van der Waals surface area contributed by atoms with Gasteiger partial charge in [0.05, 0.1) is 24.3 Å². The lowest BCUT2D eigenvalue weighted by atomic mass is 9.96. The first-order chi connectivity index (χ1) is 21.4. The molecule has 1 aliphatic carbocycles. The minimum atomic E-state index is -1.81. The van der Waals surface area contributed by atoms with Crippen LogP contribution in [0.1, 0.15) is 11.1 Å². The van der Waals surface area contributed by atoms with Crippen molar-refractivity contribution >= 4 is 17.8 Å². The first-order valence-electron chi connectivity index (χ1n) is 13.5. The molecule has 0 aromatic heterocycles. The van der Waals surface area contributed by atoms with Crippen molar-refractivity contribution in [3.05, 3.63) is 94.7 Å². The molecule has 6 atom stereocenters. The second kappa shape index (κ2) is 12.8. The molecule has 0 saturated carbocycles. The van der Waals surface area contributed by atoms with Crippen molar-refractivity contribution in [2.45, 2.75) is 36.8 Å². The van der Waals surface area contributed by atoms with Crippen LogP contribution in [0.4, 0.5) is 0 Å². The third kappa shape index (κ3) is 6.68. The molecule has 45 heavy (non-hydrogen) atoms. The number of aliphatic hydroxyl groups is 7. The van der Waals surface area contributed by atoms with Gasteiger partial charge in [0.15, 0.2) is 11.5 Å². The van der Waals surface area contributed by atoms with Gasteiger partial charge in [0, 0.05) is 30.4 Å². The number of hydrogen-bond donors (Lipinski definition) is 8. The van der Waals surface area contributed by atoms with Crippen LogP contribution in [0.5, 0.6) is 23.0 Å². The summed E-state index contributed by atoms with van der Waals surface area (Å²) < 4.78 is 26.4. The highest BCUT2D eigenvalue weighted by Gasteiger charge is 2.47. The van der Waals surface area contributed by atoms with E-state index in [1.165, 1.54) is 43.5 Å². The van der Waals surface area contributed by atoms with Gasteiger partial charge in [0.25, 0.3) is 0 Å². The van der Waals surface area contributed by atoms with E-state index in [1.54, 1.807) is 12.1 Å². The van der Waals surface area contributed by atoms with Crippen molar-refractivity contribution in [3.8, 4) is 23.0 Å². The normalized spacial score (nSPS) is 26.3. The number of ether oxygens (including phenoxy) is 5. The quantitative estimate of drug-likeness (QED) is 0.0894. The Morgan fingerprint density at radius 1 is 0.978 bits per heavy atom. The third-order valence-corrected chi connectivity index (χ3v) is 7.17. The van der Waals surface area contributed by atoms with Gasteiger partial charge in [0.2, 0.25) is 23.9 Å². The number of esters is 1. The summed E-state index contributed by atoms with van der Waals surface area (Å²) in [5.41, 5.74) is 0.956. The highest BCUT2D eigenvalue weighted by molar-refractivity contribution is 5.87.